The summed E-state index contributed by atoms with van der Waals surface area (Å²) in [5.74, 6) is 0. The predicted molar refractivity (Wildman–Crippen MR) is 69.7 cm³/mol. The van der Waals surface area contributed by atoms with Crippen molar-refractivity contribution in [3.63, 3.8) is 0 Å². The van der Waals surface area contributed by atoms with Crippen molar-refractivity contribution in [3.05, 3.63) is 10.4 Å². The zero-order valence-corrected chi connectivity index (χ0v) is 13.5. The van der Waals surface area contributed by atoms with Crippen molar-refractivity contribution in [2.45, 2.75) is 40.1 Å². The molecule has 15 heavy (non-hydrogen) atoms. The van der Waals surface area contributed by atoms with Gasteiger partial charge in [0.25, 0.3) is 0 Å². The molecule has 1 saturated heterocycles. The van der Waals surface area contributed by atoms with E-state index >= 15 is 0 Å². The second-order valence-corrected chi connectivity index (χ2v) is 20.5. The van der Waals surface area contributed by atoms with E-state index in [9.17, 15) is 0 Å². The molecule has 1 aromatic heterocycles. The molecule has 0 aromatic carbocycles. The molecule has 1 aliphatic rings. The molecule has 2 nitrogen and oxygen atoms in total. The summed E-state index contributed by atoms with van der Waals surface area (Å²) in [6.45, 7) is 1.17. The van der Waals surface area contributed by atoms with Crippen molar-refractivity contribution in [3.8, 4) is 0 Å². The molecule has 2 heterocycles. The first kappa shape index (κ1) is 11.9. The molecule has 0 saturated carbocycles. The summed E-state index contributed by atoms with van der Waals surface area (Å²) in [5, 5.41) is 7.21. The van der Waals surface area contributed by atoms with Crippen LogP contribution in [0.4, 0.5) is 0 Å². The third kappa shape index (κ3) is 2.94. The molecule has 0 amide bonds. The van der Waals surface area contributed by atoms with Gasteiger partial charge in [0.1, 0.15) is 0 Å². The zero-order chi connectivity index (χ0) is 10.9. The van der Waals surface area contributed by atoms with Crippen molar-refractivity contribution in [2.24, 2.45) is 0 Å². The summed E-state index contributed by atoms with van der Waals surface area (Å²) in [4.78, 5) is 12.2. The fourth-order valence-corrected chi connectivity index (χ4v) is 8.07. The Morgan fingerprint density at radius 1 is 1.40 bits per heavy atom. The molecule has 0 aliphatic carbocycles. The van der Waals surface area contributed by atoms with Crippen LogP contribution in [0.15, 0.2) is 5.38 Å². The molecule has 1 aliphatic heterocycles. The fourth-order valence-electron chi connectivity index (χ4n) is 1.85. The summed E-state index contributed by atoms with van der Waals surface area (Å²) in [6.07, 6.45) is 3.95. The van der Waals surface area contributed by atoms with Crippen LogP contribution < -0.4 is 9.03 Å². The average molecular weight is 331 g/mol. The van der Waals surface area contributed by atoms with Crippen molar-refractivity contribution in [2.75, 3.05) is 6.54 Å². The molecule has 0 bridgehead atoms. The van der Waals surface area contributed by atoms with Crippen LogP contribution in [0.1, 0.15) is 30.3 Å². The van der Waals surface area contributed by atoms with Gasteiger partial charge < -0.3 is 0 Å². The second-order valence-electron chi connectivity index (χ2n) is 5.32. The van der Waals surface area contributed by atoms with Gasteiger partial charge in [0.15, 0.2) is 0 Å². The second kappa shape index (κ2) is 4.72. The molecular weight excluding hydrogens is 311 g/mol. The number of aromatic nitrogens is 1. The SMILES string of the molecule is [CH3][Sn]([CH3])([CH3])[c]1csc(C2CCCCN2)n1. The Balaban J connectivity index is 2.12. The number of nitrogens with zero attached hydrogens (tertiary/aromatic N) is 1. The number of thiazole rings is 1. The quantitative estimate of drug-likeness (QED) is 0.843. The maximum atomic E-state index is 4.85. The van der Waals surface area contributed by atoms with Gasteiger partial charge in [-0.1, -0.05) is 0 Å². The predicted octanol–water partition coefficient (Wildman–Crippen LogP) is 2.50. The van der Waals surface area contributed by atoms with E-state index < -0.39 is 18.4 Å². The summed E-state index contributed by atoms with van der Waals surface area (Å²) < 4.78 is 1.44. The first-order chi connectivity index (χ1) is 7.07. The number of nitrogens with one attached hydrogen (secondary N) is 1. The van der Waals surface area contributed by atoms with Crippen LogP contribution >= 0.6 is 11.3 Å². The molecule has 0 spiro atoms. The summed E-state index contributed by atoms with van der Waals surface area (Å²) >= 11 is -0.0536. The molecule has 2 rings (SSSR count). The summed E-state index contributed by atoms with van der Waals surface area (Å²) in [5.41, 5.74) is 0. The van der Waals surface area contributed by atoms with Crippen molar-refractivity contribution >= 4 is 33.4 Å². The van der Waals surface area contributed by atoms with Gasteiger partial charge in [0.05, 0.1) is 0 Å². The van der Waals surface area contributed by atoms with Gasteiger partial charge >= 0.3 is 101 Å². The van der Waals surface area contributed by atoms with Gasteiger partial charge in [0.2, 0.25) is 0 Å². The number of hydrogen-bond donors (Lipinski definition) is 1. The van der Waals surface area contributed by atoms with E-state index in [1.54, 1.807) is 0 Å². The van der Waals surface area contributed by atoms with Gasteiger partial charge in [0, 0.05) is 0 Å². The Labute approximate surface area is 100 Å². The Kier molecular flexibility index (Phi) is 3.73. The molecule has 1 atom stereocenters. The van der Waals surface area contributed by atoms with E-state index in [4.69, 9.17) is 4.98 Å². The van der Waals surface area contributed by atoms with E-state index in [1.165, 1.54) is 34.5 Å². The third-order valence-electron chi connectivity index (χ3n) is 2.90. The van der Waals surface area contributed by atoms with E-state index in [-0.39, 0.29) is 0 Å². The molecule has 84 valence electrons. The van der Waals surface area contributed by atoms with E-state index in [0.29, 0.717) is 6.04 Å². The molecule has 0 radical (unpaired) electrons. The van der Waals surface area contributed by atoms with Crippen LogP contribution in [0, 0.1) is 0 Å². The van der Waals surface area contributed by atoms with E-state index in [0.717, 1.165) is 0 Å². The maximum absolute atomic E-state index is 4.85. The van der Waals surface area contributed by atoms with E-state index in [1.807, 2.05) is 11.3 Å². The van der Waals surface area contributed by atoms with Gasteiger partial charge in [-0.25, -0.2) is 0 Å². The molecule has 4 heteroatoms. The van der Waals surface area contributed by atoms with Crippen LogP contribution in [-0.4, -0.2) is 29.9 Å². The van der Waals surface area contributed by atoms with Crippen LogP contribution in [-0.2, 0) is 0 Å². The Bertz CT molecular complexity index is 324. The summed E-state index contributed by atoms with van der Waals surface area (Å²) in [7, 11) is 0. The molecule has 1 unspecified atom stereocenters. The monoisotopic (exact) mass is 332 g/mol. The van der Waals surface area contributed by atoms with Gasteiger partial charge in [-0.2, -0.15) is 0 Å². The van der Waals surface area contributed by atoms with Gasteiger partial charge in [-0.15, -0.1) is 0 Å². The molecule has 1 N–H and O–H groups in total. The zero-order valence-electron chi connectivity index (χ0n) is 9.84. The number of piperidine rings is 1. The number of hydrogen-bond acceptors (Lipinski definition) is 3. The first-order valence-corrected chi connectivity index (χ1v) is 16.6. The van der Waals surface area contributed by atoms with Crippen LogP contribution in [0.25, 0.3) is 0 Å². The van der Waals surface area contributed by atoms with Crippen molar-refractivity contribution in [1.29, 1.82) is 0 Å². The Morgan fingerprint density at radius 2 is 2.20 bits per heavy atom. The Hall–Kier alpha value is 0.389. The Morgan fingerprint density at radius 3 is 2.73 bits per heavy atom. The number of rotatable bonds is 2. The van der Waals surface area contributed by atoms with Crippen molar-refractivity contribution in [1.82, 2.24) is 10.3 Å². The minimum atomic E-state index is -1.92. The van der Waals surface area contributed by atoms with Gasteiger partial charge in [-0.05, 0) is 0 Å². The molecular formula is C11H20N2SSn. The van der Waals surface area contributed by atoms with E-state index in [2.05, 4.69) is 25.5 Å². The van der Waals surface area contributed by atoms with Gasteiger partial charge in [-0.3, -0.25) is 0 Å². The standard InChI is InChI=1S/C8H11N2S.3CH3.Sn/c1-2-4-9-7(3-1)8-10-5-6-11-8;;;;/h6-7,9H,1-4H2;3*1H3;. The first-order valence-electron chi connectivity index (χ1n) is 5.76. The topological polar surface area (TPSA) is 24.9 Å². The van der Waals surface area contributed by atoms with Crippen molar-refractivity contribution < 1.29 is 0 Å². The minimum absolute atomic E-state index is 0.547. The normalized spacial score (nSPS) is 23.0. The third-order valence-corrected chi connectivity index (χ3v) is 9.57. The molecule has 1 aromatic rings. The summed E-state index contributed by atoms with van der Waals surface area (Å²) in [6, 6.07) is 0.547. The molecule has 1 fully saturated rings. The van der Waals surface area contributed by atoms with Crippen LogP contribution in [0.2, 0.25) is 14.8 Å². The van der Waals surface area contributed by atoms with Crippen LogP contribution in [0.3, 0.4) is 0 Å². The fraction of sp³-hybridized carbons (Fsp3) is 0.727. The van der Waals surface area contributed by atoms with Crippen LogP contribution in [0.5, 0.6) is 0 Å². The average Bonchev–Trinajstić information content (AvgIpc) is 2.67.